The summed E-state index contributed by atoms with van der Waals surface area (Å²) in [6.45, 7) is 9.56. The topological polar surface area (TPSA) is 12.5 Å². The van der Waals surface area contributed by atoms with Gasteiger partial charge in [0, 0.05) is 27.6 Å². The van der Waals surface area contributed by atoms with Gasteiger partial charge in [0.05, 0.1) is 9.64 Å². The zero-order chi connectivity index (χ0) is 11.5. The van der Waals surface area contributed by atoms with Crippen LogP contribution in [0.4, 0.5) is 0 Å². The van der Waals surface area contributed by atoms with Gasteiger partial charge >= 0.3 is 0 Å². The van der Waals surface area contributed by atoms with Gasteiger partial charge < -0.3 is 9.64 Å². The molecule has 1 aliphatic heterocycles. The lowest BCUT2D eigenvalue weighted by Gasteiger charge is -2.20. The third-order valence-electron chi connectivity index (χ3n) is 2.35. The Kier molecular flexibility index (Phi) is 5.16. The molecule has 0 aromatic heterocycles. The Morgan fingerprint density at radius 3 is 2.60 bits per heavy atom. The summed E-state index contributed by atoms with van der Waals surface area (Å²) >= 11 is 9.45. The van der Waals surface area contributed by atoms with Crippen LogP contribution in [0.25, 0.3) is 0 Å². The SMILES string of the molecule is C[Si](C)(C)CCOCN1CCC(Cl)=C1Br. The van der Waals surface area contributed by atoms with Crippen LogP contribution >= 0.6 is 27.5 Å². The molecule has 0 unspecified atom stereocenters. The number of nitrogens with zero attached hydrogens (tertiary/aromatic N) is 1. The lowest BCUT2D eigenvalue weighted by Crippen LogP contribution is -2.25. The van der Waals surface area contributed by atoms with Crippen LogP contribution in [-0.2, 0) is 4.74 Å². The van der Waals surface area contributed by atoms with E-state index in [1.807, 2.05) is 0 Å². The average molecular weight is 313 g/mol. The minimum Gasteiger partial charge on any atom is -0.361 e. The van der Waals surface area contributed by atoms with Gasteiger partial charge in [-0.25, -0.2) is 0 Å². The molecule has 0 amide bonds. The van der Waals surface area contributed by atoms with Crippen LogP contribution < -0.4 is 0 Å². The highest BCUT2D eigenvalue weighted by atomic mass is 79.9. The fourth-order valence-corrected chi connectivity index (χ4v) is 2.72. The molecule has 0 spiro atoms. The van der Waals surface area contributed by atoms with E-state index in [1.54, 1.807) is 0 Å². The van der Waals surface area contributed by atoms with Crippen LogP contribution in [0.5, 0.6) is 0 Å². The van der Waals surface area contributed by atoms with Gasteiger partial charge in [-0.15, -0.1) is 0 Å². The molecule has 0 bridgehead atoms. The number of halogens is 2. The number of rotatable bonds is 5. The van der Waals surface area contributed by atoms with Crippen molar-refractivity contribution < 1.29 is 4.74 Å². The lowest BCUT2D eigenvalue weighted by atomic mass is 10.5. The first kappa shape index (κ1) is 13.6. The zero-order valence-corrected chi connectivity index (χ0v) is 13.0. The Morgan fingerprint density at radius 1 is 1.47 bits per heavy atom. The quantitative estimate of drug-likeness (QED) is 0.435. The summed E-state index contributed by atoms with van der Waals surface area (Å²) in [7, 11) is -0.958. The zero-order valence-electron chi connectivity index (χ0n) is 9.65. The minimum atomic E-state index is -0.958. The molecule has 1 rings (SSSR count). The van der Waals surface area contributed by atoms with Crippen molar-refractivity contribution in [1.29, 1.82) is 0 Å². The monoisotopic (exact) mass is 311 g/mol. The Bertz CT molecular complexity index is 252. The molecule has 0 aromatic carbocycles. The van der Waals surface area contributed by atoms with Crippen LogP contribution in [0.2, 0.25) is 25.7 Å². The molecule has 88 valence electrons. The molecule has 0 N–H and O–H groups in total. The van der Waals surface area contributed by atoms with Crippen LogP contribution in [0.1, 0.15) is 6.42 Å². The number of hydrogen-bond acceptors (Lipinski definition) is 2. The van der Waals surface area contributed by atoms with E-state index >= 15 is 0 Å². The summed E-state index contributed by atoms with van der Waals surface area (Å²) in [6, 6.07) is 1.22. The molecule has 0 aliphatic carbocycles. The van der Waals surface area contributed by atoms with E-state index < -0.39 is 8.07 Å². The van der Waals surface area contributed by atoms with Crippen molar-refractivity contribution in [2.24, 2.45) is 0 Å². The molecule has 0 aromatic rings. The molecule has 0 saturated carbocycles. The standard InChI is InChI=1S/C10H19BrClNOSi/c1-15(2,3)7-6-14-8-13-5-4-9(12)10(13)11/h4-8H2,1-3H3. The molecule has 2 nitrogen and oxygen atoms in total. The maximum absolute atomic E-state index is 5.99. The third kappa shape index (κ3) is 4.89. The average Bonchev–Trinajstić information content (AvgIpc) is 2.42. The maximum atomic E-state index is 5.99. The highest BCUT2D eigenvalue weighted by molar-refractivity contribution is 9.11. The maximum Gasteiger partial charge on any atom is 0.119 e. The van der Waals surface area contributed by atoms with Crippen molar-refractivity contribution in [2.45, 2.75) is 32.1 Å². The van der Waals surface area contributed by atoms with Crippen molar-refractivity contribution in [3.05, 3.63) is 9.64 Å². The molecular formula is C10H19BrClNOSi. The third-order valence-corrected chi connectivity index (χ3v) is 5.63. The van der Waals surface area contributed by atoms with Gasteiger partial charge in [0.15, 0.2) is 0 Å². The molecule has 0 atom stereocenters. The van der Waals surface area contributed by atoms with E-state index in [0.717, 1.165) is 29.2 Å². The normalized spacial score (nSPS) is 17.8. The van der Waals surface area contributed by atoms with Gasteiger partial charge in [-0.1, -0.05) is 31.2 Å². The van der Waals surface area contributed by atoms with Crippen molar-refractivity contribution in [2.75, 3.05) is 19.9 Å². The fourth-order valence-electron chi connectivity index (χ4n) is 1.28. The number of hydrogen-bond donors (Lipinski definition) is 0. The van der Waals surface area contributed by atoms with Crippen molar-refractivity contribution >= 4 is 35.6 Å². The van der Waals surface area contributed by atoms with E-state index in [4.69, 9.17) is 16.3 Å². The van der Waals surface area contributed by atoms with Crippen LogP contribution in [0.15, 0.2) is 9.64 Å². The second-order valence-electron chi connectivity index (χ2n) is 5.06. The molecule has 0 fully saturated rings. The van der Waals surface area contributed by atoms with E-state index in [-0.39, 0.29) is 0 Å². The van der Waals surface area contributed by atoms with Gasteiger partial charge in [-0.2, -0.15) is 0 Å². The van der Waals surface area contributed by atoms with Crippen molar-refractivity contribution in [3.63, 3.8) is 0 Å². The Hall–Kier alpha value is 0.487. The van der Waals surface area contributed by atoms with E-state index in [0.29, 0.717) is 6.73 Å². The summed E-state index contributed by atoms with van der Waals surface area (Å²) in [5.74, 6) is 0. The molecule has 0 saturated heterocycles. The van der Waals surface area contributed by atoms with Gasteiger partial charge in [-0.3, -0.25) is 0 Å². The van der Waals surface area contributed by atoms with Crippen LogP contribution in [0.3, 0.4) is 0 Å². The van der Waals surface area contributed by atoms with Gasteiger partial charge in [-0.05, 0) is 22.0 Å². The Labute approximate surface area is 107 Å². The van der Waals surface area contributed by atoms with Crippen molar-refractivity contribution in [3.8, 4) is 0 Å². The molecule has 0 radical (unpaired) electrons. The van der Waals surface area contributed by atoms with Crippen LogP contribution in [-0.4, -0.2) is 32.9 Å². The summed E-state index contributed by atoms with van der Waals surface area (Å²) in [4.78, 5) is 2.13. The van der Waals surface area contributed by atoms with Gasteiger partial charge in [0.1, 0.15) is 6.73 Å². The minimum absolute atomic E-state index is 0.654. The predicted octanol–water partition coefficient (Wildman–Crippen LogP) is 3.81. The highest BCUT2D eigenvalue weighted by Gasteiger charge is 2.19. The first-order valence-corrected chi connectivity index (χ1v) is 10.1. The van der Waals surface area contributed by atoms with E-state index in [2.05, 4.69) is 40.5 Å². The summed E-state index contributed by atoms with van der Waals surface area (Å²) in [5.41, 5.74) is 0. The van der Waals surface area contributed by atoms with Gasteiger partial charge in [0.2, 0.25) is 0 Å². The first-order chi connectivity index (χ1) is 6.90. The molecule has 15 heavy (non-hydrogen) atoms. The smallest absolute Gasteiger partial charge is 0.119 e. The summed E-state index contributed by atoms with van der Waals surface area (Å²) in [6.07, 6.45) is 0.930. The van der Waals surface area contributed by atoms with Gasteiger partial charge in [0.25, 0.3) is 0 Å². The van der Waals surface area contributed by atoms with E-state index in [1.165, 1.54) is 6.04 Å². The molecular weight excluding hydrogens is 294 g/mol. The summed E-state index contributed by atoms with van der Waals surface area (Å²) < 4.78 is 6.65. The largest absolute Gasteiger partial charge is 0.361 e. The summed E-state index contributed by atoms with van der Waals surface area (Å²) in [5, 5.41) is 0.906. The molecule has 1 aliphatic rings. The lowest BCUT2D eigenvalue weighted by molar-refractivity contribution is 0.0654. The fraction of sp³-hybridized carbons (Fsp3) is 0.800. The number of ether oxygens (including phenoxy) is 1. The second-order valence-corrected chi connectivity index (χ2v) is 11.9. The Morgan fingerprint density at radius 2 is 2.13 bits per heavy atom. The second kappa shape index (κ2) is 5.71. The molecule has 1 heterocycles. The highest BCUT2D eigenvalue weighted by Crippen LogP contribution is 2.29. The van der Waals surface area contributed by atoms with Crippen LogP contribution in [0, 0.1) is 0 Å². The Balaban J connectivity index is 2.17. The van der Waals surface area contributed by atoms with Crippen molar-refractivity contribution in [1.82, 2.24) is 4.90 Å². The van der Waals surface area contributed by atoms with E-state index in [9.17, 15) is 0 Å². The predicted molar refractivity (Wildman–Crippen MR) is 72.1 cm³/mol. The first-order valence-electron chi connectivity index (χ1n) is 5.27. The molecule has 5 heteroatoms.